The Labute approximate surface area is 178 Å². The molecular weight excluding hydrogens is 419 g/mol. The van der Waals surface area contributed by atoms with Crippen molar-refractivity contribution in [1.29, 1.82) is 0 Å². The van der Waals surface area contributed by atoms with E-state index in [0.29, 0.717) is 24.4 Å². The maximum Gasteiger partial charge on any atom is 0.330 e. The van der Waals surface area contributed by atoms with Gasteiger partial charge in [-0.25, -0.2) is 4.79 Å². The van der Waals surface area contributed by atoms with Crippen molar-refractivity contribution in [2.24, 2.45) is 0 Å². The average Bonchev–Trinajstić information content (AvgIpc) is 2.66. The van der Waals surface area contributed by atoms with Crippen LogP contribution < -0.4 is 26.6 Å². The first-order valence-corrected chi connectivity index (χ1v) is 10.1. The topological polar surface area (TPSA) is 110 Å². The van der Waals surface area contributed by atoms with E-state index in [9.17, 15) is 14.4 Å². The number of carbonyl (C=O) groups is 1. The molecule has 2 rings (SSSR count). The number of unbranched alkanes of at least 4 members (excludes halogenated alkanes) is 1. The number of halogens is 2. The molecule has 1 heterocycles. The lowest BCUT2D eigenvalue weighted by Crippen LogP contribution is -2.43. The highest BCUT2D eigenvalue weighted by molar-refractivity contribution is 6.35. The zero-order valence-electron chi connectivity index (χ0n) is 16.3. The van der Waals surface area contributed by atoms with Gasteiger partial charge < -0.3 is 15.4 Å². The lowest BCUT2D eigenvalue weighted by molar-refractivity contribution is -0.120. The van der Waals surface area contributed by atoms with Crippen molar-refractivity contribution >= 4 is 40.6 Å². The van der Waals surface area contributed by atoms with E-state index in [1.54, 1.807) is 12.1 Å². The summed E-state index contributed by atoms with van der Waals surface area (Å²) < 4.78 is 6.76. The number of nitrogens with zero attached hydrogens (tertiary/aromatic N) is 2. The maximum atomic E-state index is 12.9. The number of nitrogens with one attached hydrogen (secondary N) is 1. The van der Waals surface area contributed by atoms with E-state index in [0.717, 1.165) is 6.42 Å². The van der Waals surface area contributed by atoms with Gasteiger partial charge in [-0.2, -0.15) is 0 Å². The highest BCUT2D eigenvalue weighted by Gasteiger charge is 2.24. The van der Waals surface area contributed by atoms with Gasteiger partial charge in [0.2, 0.25) is 0 Å². The lowest BCUT2D eigenvalue weighted by atomic mass is 10.2. The zero-order chi connectivity index (χ0) is 21.6. The van der Waals surface area contributed by atoms with Crippen LogP contribution >= 0.6 is 23.2 Å². The highest BCUT2D eigenvalue weighted by atomic mass is 35.5. The zero-order valence-corrected chi connectivity index (χ0v) is 17.8. The van der Waals surface area contributed by atoms with Gasteiger partial charge in [0.15, 0.2) is 12.3 Å². The van der Waals surface area contributed by atoms with Crippen LogP contribution in [0.4, 0.5) is 11.5 Å². The molecule has 0 fully saturated rings. The summed E-state index contributed by atoms with van der Waals surface area (Å²) in [6.45, 7) is 4.04. The van der Waals surface area contributed by atoms with Gasteiger partial charge >= 0.3 is 5.69 Å². The molecule has 0 atom stereocenters. The number of benzene rings is 1. The molecule has 0 aliphatic carbocycles. The summed E-state index contributed by atoms with van der Waals surface area (Å²) in [5.41, 5.74) is 4.73. The number of ether oxygens (including phenoxy) is 1. The van der Waals surface area contributed by atoms with Crippen molar-refractivity contribution < 1.29 is 9.53 Å². The second-order valence-corrected chi connectivity index (χ2v) is 7.25. The van der Waals surface area contributed by atoms with Crippen molar-refractivity contribution in [2.45, 2.75) is 39.7 Å². The summed E-state index contributed by atoms with van der Waals surface area (Å²) in [5.74, 6) is -0.240. The number of hydrogen-bond donors (Lipinski definition) is 2. The first kappa shape index (κ1) is 22.8. The number of amides is 1. The quantitative estimate of drug-likeness (QED) is 0.619. The fourth-order valence-electron chi connectivity index (χ4n) is 2.77. The summed E-state index contributed by atoms with van der Waals surface area (Å²) in [6.07, 6.45) is 2.07. The van der Waals surface area contributed by atoms with Crippen molar-refractivity contribution in [1.82, 2.24) is 9.55 Å². The van der Waals surface area contributed by atoms with Crippen molar-refractivity contribution in [2.75, 3.05) is 23.8 Å². The minimum atomic E-state index is -0.714. The van der Waals surface area contributed by atoms with Crippen LogP contribution in [0.15, 0.2) is 27.8 Å². The van der Waals surface area contributed by atoms with Gasteiger partial charge in [0.05, 0.1) is 5.02 Å². The van der Waals surface area contributed by atoms with E-state index < -0.39 is 17.2 Å². The molecule has 1 aromatic carbocycles. The Morgan fingerprint density at radius 3 is 2.59 bits per heavy atom. The van der Waals surface area contributed by atoms with Crippen LogP contribution in [0.1, 0.15) is 33.1 Å². The third-order valence-corrected chi connectivity index (χ3v) is 4.74. The second kappa shape index (κ2) is 10.4. The molecule has 10 heteroatoms. The van der Waals surface area contributed by atoms with Gasteiger partial charge in [0, 0.05) is 18.1 Å². The summed E-state index contributed by atoms with van der Waals surface area (Å²) >= 11 is 11.9. The van der Waals surface area contributed by atoms with Crippen LogP contribution in [-0.4, -0.2) is 28.6 Å². The predicted molar refractivity (Wildman–Crippen MR) is 115 cm³/mol. The van der Waals surface area contributed by atoms with Gasteiger partial charge in [-0.05, 0) is 31.0 Å². The highest BCUT2D eigenvalue weighted by Crippen LogP contribution is 2.27. The number of H-pyrrole nitrogens is 1. The molecule has 0 radical (unpaired) electrons. The van der Waals surface area contributed by atoms with Crippen LogP contribution in [0.2, 0.25) is 10.0 Å². The summed E-state index contributed by atoms with van der Waals surface area (Å²) in [6, 6.07) is 4.64. The molecule has 0 saturated carbocycles. The third kappa shape index (κ3) is 5.55. The SMILES string of the molecule is CCCCN(C(=O)COc1ccc(Cl)cc1Cl)c1c(N)n(CCC)c(=O)[nH]c1=O. The molecule has 1 aromatic heterocycles. The minimum Gasteiger partial charge on any atom is -0.482 e. The molecule has 0 saturated heterocycles. The number of aromatic amines is 1. The Hall–Kier alpha value is -2.45. The molecule has 0 bridgehead atoms. The Morgan fingerprint density at radius 1 is 1.24 bits per heavy atom. The van der Waals surface area contributed by atoms with Crippen LogP contribution in [0.3, 0.4) is 0 Å². The molecule has 0 aliphatic heterocycles. The summed E-state index contributed by atoms with van der Waals surface area (Å²) in [4.78, 5) is 40.9. The number of hydrogen-bond acceptors (Lipinski definition) is 5. The van der Waals surface area contributed by atoms with Crippen molar-refractivity contribution in [3.63, 3.8) is 0 Å². The lowest BCUT2D eigenvalue weighted by Gasteiger charge is -2.24. The molecule has 0 unspecified atom stereocenters. The molecule has 158 valence electrons. The van der Waals surface area contributed by atoms with Gasteiger partial charge in [-0.3, -0.25) is 19.1 Å². The van der Waals surface area contributed by atoms with Gasteiger partial charge in [0.1, 0.15) is 11.6 Å². The average molecular weight is 443 g/mol. The summed E-state index contributed by atoms with van der Waals surface area (Å²) in [5, 5.41) is 0.704. The van der Waals surface area contributed by atoms with Crippen LogP contribution in [0, 0.1) is 0 Å². The minimum absolute atomic E-state index is 0.0467. The monoisotopic (exact) mass is 442 g/mol. The summed E-state index contributed by atoms with van der Waals surface area (Å²) in [7, 11) is 0. The Bertz CT molecular complexity index is 987. The Balaban J connectivity index is 2.36. The van der Waals surface area contributed by atoms with E-state index in [4.69, 9.17) is 33.7 Å². The van der Waals surface area contributed by atoms with Crippen molar-refractivity contribution in [3.8, 4) is 5.75 Å². The van der Waals surface area contributed by atoms with Crippen LogP contribution in [-0.2, 0) is 11.3 Å². The normalized spacial score (nSPS) is 10.8. The molecule has 29 heavy (non-hydrogen) atoms. The predicted octanol–water partition coefficient (Wildman–Crippen LogP) is 3.05. The maximum absolute atomic E-state index is 12.9. The number of anilines is 2. The van der Waals surface area contributed by atoms with Gasteiger partial charge in [0.25, 0.3) is 11.5 Å². The third-order valence-electron chi connectivity index (χ3n) is 4.21. The Morgan fingerprint density at radius 2 is 1.97 bits per heavy atom. The van der Waals surface area contributed by atoms with Crippen LogP contribution in [0.5, 0.6) is 5.75 Å². The van der Waals surface area contributed by atoms with E-state index in [1.807, 2.05) is 13.8 Å². The fourth-order valence-corrected chi connectivity index (χ4v) is 3.23. The van der Waals surface area contributed by atoms with Crippen LogP contribution in [0.25, 0.3) is 0 Å². The number of carbonyl (C=O) groups excluding carboxylic acids is 1. The first-order chi connectivity index (χ1) is 13.8. The van der Waals surface area contributed by atoms with Gasteiger partial charge in [-0.1, -0.05) is 43.5 Å². The molecule has 2 aromatic rings. The van der Waals surface area contributed by atoms with E-state index in [-0.39, 0.29) is 35.4 Å². The van der Waals surface area contributed by atoms with E-state index >= 15 is 0 Å². The molecule has 0 spiro atoms. The Kier molecular flexibility index (Phi) is 8.16. The smallest absolute Gasteiger partial charge is 0.330 e. The number of rotatable bonds is 9. The first-order valence-electron chi connectivity index (χ1n) is 9.30. The fraction of sp³-hybridized carbons (Fsp3) is 0.421. The van der Waals surface area contributed by atoms with E-state index in [1.165, 1.54) is 15.5 Å². The molecule has 1 amide bonds. The van der Waals surface area contributed by atoms with Gasteiger partial charge in [-0.15, -0.1) is 0 Å². The largest absolute Gasteiger partial charge is 0.482 e. The molecular formula is C19H24Cl2N4O4. The second-order valence-electron chi connectivity index (χ2n) is 6.41. The molecule has 0 aliphatic rings. The molecule has 3 N–H and O–H groups in total. The molecule has 8 nitrogen and oxygen atoms in total. The standard InChI is InChI=1S/C19H24Cl2N4O4/c1-3-5-9-24(15(26)11-29-14-7-6-12(20)10-13(14)21)16-17(22)25(8-4-2)19(28)23-18(16)27/h6-7,10H,3-5,8-9,11,22H2,1-2H3,(H,23,27,28). The number of nitrogens with two attached hydrogens (primary N) is 1. The number of aromatic nitrogens is 2. The van der Waals surface area contributed by atoms with E-state index in [2.05, 4.69) is 4.98 Å². The number of nitrogen functional groups attached to an aromatic ring is 1. The van der Waals surface area contributed by atoms with Crippen molar-refractivity contribution in [3.05, 3.63) is 49.1 Å².